The Kier molecular flexibility index (Phi) is 6.91. The number of nitrogens with one attached hydrogen (secondary N) is 2. The second-order valence-corrected chi connectivity index (χ2v) is 9.74. The second-order valence-electron chi connectivity index (χ2n) is 9.74. The van der Waals surface area contributed by atoms with Gasteiger partial charge in [0.15, 0.2) is 0 Å². The van der Waals surface area contributed by atoms with E-state index in [1.54, 1.807) is 30.1 Å². The number of rotatable bonds is 5. The van der Waals surface area contributed by atoms with Gasteiger partial charge in [-0.1, -0.05) is 0 Å². The van der Waals surface area contributed by atoms with Crippen molar-refractivity contribution < 1.29 is 28.2 Å². The summed E-state index contributed by atoms with van der Waals surface area (Å²) in [5.41, 5.74) is 1.08. The highest BCUT2D eigenvalue weighted by Gasteiger charge is 2.39. The monoisotopic (exact) mass is 495 g/mol. The third-order valence-corrected chi connectivity index (χ3v) is 7.26. The van der Waals surface area contributed by atoms with Crippen molar-refractivity contribution in [3.8, 4) is 5.75 Å². The molecule has 3 amide bonds. The number of amides is 3. The fourth-order valence-corrected chi connectivity index (χ4v) is 4.96. The predicted molar refractivity (Wildman–Crippen MR) is 130 cm³/mol. The van der Waals surface area contributed by atoms with Crippen molar-refractivity contribution in [2.45, 2.75) is 62.8 Å². The molecule has 0 aromatic heterocycles. The van der Waals surface area contributed by atoms with E-state index in [-0.39, 0.29) is 36.7 Å². The van der Waals surface area contributed by atoms with Crippen molar-refractivity contribution in [3.63, 3.8) is 0 Å². The smallest absolute Gasteiger partial charge is 0.257 e. The summed E-state index contributed by atoms with van der Waals surface area (Å²) in [6.45, 7) is 0.247. The van der Waals surface area contributed by atoms with E-state index >= 15 is 0 Å². The van der Waals surface area contributed by atoms with Crippen LogP contribution in [0.1, 0.15) is 59.2 Å². The molecule has 2 N–H and O–H groups in total. The molecular weight excluding hydrogens is 465 g/mol. The molecule has 0 bridgehead atoms. The molecule has 0 radical (unpaired) electrons. The number of likely N-dealkylation sites (N-methyl/N-ethyl adjacent to an activating group) is 1. The molecule has 36 heavy (non-hydrogen) atoms. The summed E-state index contributed by atoms with van der Waals surface area (Å²) in [6, 6.07) is 10.2. The zero-order valence-corrected chi connectivity index (χ0v) is 20.2. The van der Waals surface area contributed by atoms with Crippen LogP contribution in [0.5, 0.6) is 5.75 Å². The van der Waals surface area contributed by atoms with Crippen LogP contribution < -0.4 is 15.4 Å². The van der Waals surface area contributed by atoms with Gasteiger partial charge in [0.25, 0.3) is 11.8 Å². The highest BCUT2D eigenvalue weighted by molar-refractivity contribution is 6.05. The first-order valence-electron chi connectivity index (χ1n) is 12.4. The van der Waals surface area contributed by atoms with Crippen molar-refractivity contribution in [1.29, 1.82) is 0 Å². The summed E-state index contributed by atoms with van der Waals surface area (Å²) in [7, 11) is 1.74. The topological polar surface area (TPSA) is 97.0 Å². The molecule has 3 atom stereocenters. The molecule has 1 saturated heterocycles. The molecule has 9 heteroatoms. The predicted octanol–water partition coefficient (Wildman–Crippen LogP) is 3.52. The number of carbonyl (C=O) groups excluding carboxylic acids is 3. The van der Waals surface area contributed by atoms with E-state index in [0.717, 1.165) is 19.3 Å². The van der Waals surface area contributed by atoms with Crippen molar-refractivity contribution in [3.05, 3.63) is 59.4 Å². The lowest BCUT2D eigenvalue weighted by molar-refractivity contribution is -0.135. The van der Waals surface area contributed by atoms with E-state index in [9.17, 15) is 18.8 Å². The van der Waals surface area contributed by atoms with Crippen LogP contribution in [-0.4, -0.2) is 60.6 Å². The Morgan fingerprint density at radius 3 is 2.58 bits per heavy atom. The van der Waals surface area contributed by atoms with E-state index in [2.05, 4.69) is 10.6 Å². The quantitative estimate of drug-likeness (QED) is 0.662. The first kappa shape index (κ1) is 24.2. The third-order valence-electron chi connectivity index (χ3n) is 7.26. The zero-order chi connectivity index (χ0) is 25.2. The van der Waals surface area contributed by atoms with Gasteiger partial charge in [0.1, 0.15) is 24.3 Å². The molecule has 5 rings (SSSR count). The number of anilines is 1. The maximum Gasteiger partial charge on any atom is 0.257 e. The second kappa shape index (κ2) is 10.3. The average Bonchev–Trinajstić information content (AvgIpc) is 2.84. The van der Waals surface area contributed by atoms with Crippen LogP contribution in [0.4, 0.5) is 10.1 Å². The molecule has 2 aromatic carbocycles. The number of hydrogen-bond acceptors (Lipinski definition) is 5. The van der Waals surface area contributed by atoms with Crippen LogP contribution in [0.25, 0.3) is 0 Å². The molecule has 190 valence electrons. The van der Waals surface area contributed by atoms with E-state index in [4.69, 9.17) is 9.47 Å². The van der Waals surface area contributed by atoms with Gasteiger partial charge in [-0.15, -0.1) is 0 Å². The van der Waals surface area contributed by atoms with Gasteiger partial charge in [-0.05, 0) is 74.6 Å². The molecule has 3 aliphatic rings. The van der Waals surface area contributed by atoms with Crippen molar-refractivity contribution >= 4 is 23.4 Å². The van der Waals surface area contributed by atoms with Crippen LogP contribution >= 0.6 is 0 Å². The fraction of sp³-hybridized carbons (Fsp3) is 0.444. The Hall–Kier alpha value is -3.46. The van der Waals surface area contributed by atoms with E-state index < -0.39 is 11.7 Å². The summed E-state index contributed by atoms with van der Waals surface area (Å²) in [4.78, 5) is 39.9. The highest BCUT2D eigenvalue weighted by Crippen LogP contribution is 2.32. The van der Waals surface area contributed by atoms with Crippen molar-refractivity contribution in [1.82, 2.24) is 10.2 Å². The lowest BCUT2D eigenvalue weighted by Crippen LogP contribution is -2.54. The minimum Gasteiger partial charge on any atom is -0.490 e. The van der Waals surface area contributed by atoms with E-state index in [1.807, 2.05) is 0 Å². The van der Waals surface area contributed by atoms with Gasteiger partial charge in [0.2, 0.25) is 5.91 Å². The Bertz CT molecular complexity index is 1150. The van der Waals surface area contributed by atoms with Crippen LogP contribution in [-0.2, 0) is 9.53 Å². The molecular formula is C27H30FN3O5. The molecule has 1 aliphatic carbocycles. The first-order chi connectivity index (χ1) is 17.4. The fourth-order valence-electron chi connectivity index (χ4n) is 4.96. The number of nitrogens with zero attached hydrogens (tertiary/aromatic N) is 1. The van der Waals surface area contributed by atoms with Gasteiger partial charge in [0, 0.05) is 24.3 Å². The zero-order valence-electron chi connectivity index (χ0n) is 20.2. The number of benzene rings is 2. The Labute approximate surface area is 209 Å². The Morgan fingerprint density at radius 1 is 1.08 bits per heavy atom. The molecule has 0 unspecified atom stereocenters. The maximum atomic E-state index is 13.4. The summed E-state index contributed by atoms with van der Waals surface area (Å²) >= 11 is 0. The molecule has 8 nitrogen and oxygen atoms in total. The number of halogens is 1. The van der Waals surface area contributed by atoms with Crippen LogP contribution in [0.15, 0.2) is 42.5 Å². The average molecular weight is 496 g/mol. The largest absolute Gasteiger partial charge is 0.490 e. The Morgan fingerprint density at radius 2 is 1.86 bits per heavy atom. The normalized spacial score (nSPS) is 23.8. The number of carbonyl (C=O) groups is 3. The third kappa shape index (κ3) is 5.21. The van der Waals surface area contributed by atoms with Crippen LogP contribution in [0.3, 0.4) is 0 Å². The van der Waals surface area contributed by atoms with Crippen LogP contribution in [0.2, 0.25) is 0 Å². The van der Waals surface area contributed by atoms with Crippen LogP contribution in [0, 0.1) is 5.82 Å². The summed E-state index contributed by atoms with van der Waals surface area (Å²) < 4.78 is 25.4. The molecule has 1 saturated carbocycles. The summed E-state index contributed by atoms with van der Waals surface area (Å²) in [5, 5.41) is 5.81. The Balaban J connectivity index is 1.26. The number of fused-ring (bicyclic) bond motifs is 2. The highest BCUT2D eigenvalue weighted by atomic mass is 19.1. The van der Waals surface area contributed by atoms with E-state index in [0.29, 0.717) is 47.9 Å². The first-order valence-corrected chi connectivity index (χ1v) is 12.4. The molecule has 2 heterocycles. The van der Waals surface area contributed by atoms with Gasteiger partial charge in [-0.25, -0.2) is 4.39 Å². The summed E-state index contributed by atoms with van der Waals surface area (Å²) in [6.07, 6.45) is 4.38. The molecule has 0 spiro atoms. The number of hydrogen-bond donors (Lipinski definition) is 2. The maximum absolute atomic E-state index is 13.4. The molecule has 2 aromatic rings. The van der Waals surface area contributed by atoms with Gasteiger partial charge >= 0.3 is 0 Å². The van der Waals surface area contributed by atoms with Gasteiger partial charge in [-0.3, -0.25) is 14.4 Å². The van der Waals surface area contributed by atoms with Gasteiger partial charge < -0.3 is 25.0 Å². The van der Waals surface area contributed by atoms with Crippen molar-refractivity contribution in [2.24, 2.45) is 0 Å². The van der Waals surface area contributed by atoms with Crippen molar-refractivity contribution in [2.75, 3.05) is 19.0 Å². The SMILES string of the molecule is CN1C(=O)c2cc(NC(=O)c3ccc(F)cc3)ccc2OC[C@H]2O[C@H](CC(=O)NC3CCC3)CC[C@@H]21. The van der Waals surface area contributed by atoms with E-state index in [1.165, 1.54) is 24.3 Å². The minimum atomic E-state index is -0.424. The summed E-state index contributed by atoms with van der Waals surface area (Å²) in [5.74, 6) is -0.650. The lowest BCUT2D eigenvalue weighted by Gasteiger charge is -2.42. The van der Waals surface area contributed by atoms with Gasteiger partial charge in [0.05, 0.1) is 24.1 Å². The molecule has 2 aliphatic heterocycles. The number of ether oxygens (including phenoxy) is 2. The minimum absolute atomic E-state index is 0.0138. The standard InChI is InChI=1S/C27H30FN3O5/c1-31-22-11-10-20(14-25(32)29-18-3-2-4-18)36-24(22)15-35-23-12-9-19(13-21(23)27(31)34)30-26(33)16-5-7-17(28)8-6-16/h5-9,12-13,18,20,22,24H,2-4,10-11,14-15H2,1H3,(H,29,32)(H,30,33)/t20-,22-,24+/m0/s1. The lowest BCUT2D eigenvalue weighted by atomic mass is 9.92. The molecule has 2 fully saturated rings. The van der Waals surface area contributed by atoms with Gasteiger partial charge in [-0.2, -0.15) is 0 Å².